The molecule has 1 amide bonds. The van der Waals surface area contributed by atoms with Crippen LogP contribution in [0.2, 0.25) is 0 Å². The van der Waals surface area contributed by atoms with Gasteiger partial charge in [0.2, 0.25) is 5.91 Å². The SMILES string of the molecule is COc1ccc2c(ccn2CC(=O)N[C@@H](CCSC)c2nnc3ccccn23)c1. The van der Waals surface area contributed by atoms with Crippen molar-refractivity contribution in [2.24, 2.45) is 0 Å². The van der Waals surface area contributed by atoms with Crippen molar-refractivity contribution in [1.29, 1.82) is 0 Å². The maximum Gasteiger partial charge on any atom is 0.240 e. The van der Waals surface area contributed by atoms with Gasteiger partial charge in [0.15, 0.2) is 11.5 Å². The van der Waals surface area contributed by atoms with E-state index in [-0.39, 0.29) is 18.5 Å². The van der Waals surface area contributed by atoms with Crippen LogP contribution in [0.15, 0.2) is 54.9 Å². The van der Waals surface area contributed by atoms with Gasteiger partial charge in [-0.25, -0.2) is 0 Å². The molecule has 0 aliphatic rings. The second-order valence-electron chi connectivity index (χ2n) is 6.76. The standard InChI is InChI=1S/C21H23N5O2S/c1-28-16-6-7-18-15(13-16)8-11-25(18)14-20(27)22-17(9-12-29-2)21-24-23-19-5-3-4-10-26(19)21/h3-8,10-11,13,17H,9,12,14H2,1-2H3,(H,22,27)/t17-/m0/s1. The van der Waals surface area contributed by atoms with Crippen LogP contribution < -0.4 is 10.1 Å². The maximum atomic E-state index is 12.9. The lowest BCUT2D eigenvalue weighted by molar-refractivity contribution is -0.122. The lowest BCUT2D eigenvalue weighted by Gasteiger charge is -2.17. The Balaban J connectivity index is 1.54. The Hall–Kier alpha value is -3.00. The van der Waals surface area contributed by atoms with Crippen LogP contribution in [-0.2, 0) is 11.3 Å². The Morgan fingerprint density at radius 2 is 2.10 bits per heavy atom. The van der Waals surface area contributed by atoms with Crippen LogP contribution in [0, 0.1) is 0 Å². The summed E-state index contributed by atoms with van der Waals surface area (Å²) in [6, 6.07) is 13.4. The number of carbonyl (C=O) groups excluding carboxylic acids is 1. The number of hydrogen-bond acceptors (Lipinski definition) is 5. The number of methoxy groups -OCH3 is 1. The van der Waals surface area contributed by atoms with Crippen molar-refractivity contribution in [1.82, 2.24) is 24.5 Å². The zero-order valence-corrected chi connectivity index (χ0v) is 17.2. The third-order valence-electron chi connectivity index (χ3n) is 4.89. The van der Waals surface area contributed by atoms with Gasteiger partial charge in [0.05, 0.1) is 13.2 Å². The first-order valence-corrected chi connectivity index (χ1v) is 10.8. The first kappa shape index (κ1) is 19.3. The molecule has 0 aliphatic heterocycles. The molecule has 150 valence electrons. The van der Waals surface area contributed by atoms with E-state index in [0.717, 1.165) is 40.3 Å². The van der Waals surface area contributed by atoms with E-state index in [2.05, 4.69) is 21.8 Å². The number of nitrogens with zero attached hydrogens (tertiary/aromatic N) is 4. The van der Waals surface area contributed by atoms with Crippen LogP contribution in [0.3, 0.4) is 0 Å². The van der Waals surface area contributed by atoms with E-state index >= 15 is 0 Å². The molecule has 0 aliphatic carbocycles. The molecule has 1 aromatic carbocycles. The molecule has 8 heteroatoms. The van der Waals surface area contributed by atoms with Gasteiger partial charge in [-0.15, -0.1) is 10.2 Å². The molecule has 0 spiro atoms. The van der Waals surface area contributed by atoms with E-state index in [4.69, 9.17) is 4.74 Å². The van der Waals surface area contributed by atoms with Crippen molar-refractivity contribution in [3.63, 3.8) is 0 Å². The van der Waals surface area contributed by atoms with Crippen molar-refractivity contribution >= 4 is 34.2 Å². The summed E-state index contributed by atoms with van der Waals surface area (Å²) in [7, 11) is 1.65. The van der Waals surface area contributed by atoms with Gasteiger partial charge in [-0.3, -0.25) is 9.20 Å². The van der Waals surface area contributed by atoms with E-state index in [1.165, 1.54) is 0 Å². The van der Waals surface area contributed by atoms with Gasteiger partial charge < -0.3 is 14.6 Å². The van der Waals surface area contributed by atoms with Crippen LogP contribution >= 0.6 is 11.8 Å². The minimum Gasteiger partial charge on any atom is -0.497 e. The highest BCUT2D eigenvalue weighted by Gasteiger charge is 2.20. The van der Waals surface area contributed by atoms with Crippen LogP contribution in [-0.4, -0.2) is 44.2 Å². The van der Waals surface area contributed by atoms with Crippen LogP contribution in [0.25, 0.3) is 16.6 Å². The minimum atomic E-state index is -0.200. The predicted octanol–water partition coefficient (Wildman–Crippen LogP) is 3.30. The highest BCUT2D eigenvalue weighted by atomic mass is 32.2. The van der Waals surface area contributed by atoms with Crippen LogP contribution in [0.1, 0.15) is 18.3 Å². The molecule has 0 unspecified atom stereocenters. The molecule has 7 nitrogen and oxygen atoms in total. The number of aromatic nitrogens is 4. The first-order valence-electron chi connectivity index (χ1n) is 9.40. The van der Waals surface area contributed by atoms with Crippen molar-refractivity contribution in [3.8, 4) is 5.75 Å². The Labute approximate surface area is 173 Å². The van der Waals surface area contributed by atoms with E-state index in [9.17, 15) is 4.79 Å². The average Bonchev–Trinajstić information content (AvgIpc) is 3.35. The van der Waals surface area contributed by atoms with Crippen molar-refractivity contribution < 1.29 is 9.53 Å². The summed E-state index contributed by atoms with van der Waals surface area (Å²) in [5.41, 5.74) is 1.77. The van der Waals surface area contributed by atoms with Gasteiger partial charge in [0, 0.05) is 23.3 Å². The smallest absolute Gasteiger partial charge is 0.240 e. The molecule has 29 heavy (non-hydrogen) atoms. The Kier molecular flexibility index (Phi) is 5.71. The van der Waals surface area contributed by atoms with Crippen molar-refractivity contribution in [3.05, 3.63) is 60.7 Å². The summed E-state index contributed by atoms with van der Waals surface area (Å²) in [5, 5.41) is 12.8. The zero-order valence-electron chi connectivity index (χ0n) is 16.4. The first-order chi connectivity index (χ1) is 14.2. The predicted molar refractivity (Wildman–Crippen MR) is 115 cm³/mol. The third-order valence-corrected chi connectivity index (χ3v) is 5.53. The highest BCUT2D eigenvalue weighted by Crippen LogP contribution is 2.22. The average molecular weight is 410 g/mol. The van der Waals surface area contributed by atoms with E-state index in [1.54, 1.807) is 18.9 Å². The van der Waals surface area contributed by atoms with Gasteiger partial charge in [-0.05, 0) is 54.8 Å². The maximum absolute atomic E-state index is 12.9. The molecule has 0 saturated heterocycles. The molecular weight excluding hydrogens is 386 g/mol. The summed E-state index contributed by atoms with van der Waals surface area (Å²) in [5.74, 6) is 2.41. The fraction of sp³-hybridized carbons (Fsp3) is 0.286. The quantitative estimate of drug-likeness (QED) is 0.483. The number of thioether (sulfide) groups is 1. The molecule has 3 heterocycles. The molecule has 0 bridgehead atoms. The number of rotatable bonds is 8. The molecule has 1 N–H and O–H groups in total. The van der Waals surface area contributed by atoms with E-state index in [1.807, 2.05) is 63.8 Å². The normalized spacial score (nSPS) is 12.3. The monoisotopic (exact) mass is 409 g/mol. The molecule has 1 atom stereocenters. The number of pyridine rings is 1. The number of benzene rings is 1. The lowest BCUT2D eigenvalue weighted by atomic mass is 10.2. The van der Waals surface area contributed by atoms with Crippen LogP contribution in [0.4, 0.5) is 0 Å². The molecule has 3 aromatic heterocycles. The molecule has 4 rings (SSSR count). The minimum absolute atomic E-state index is 0.0582. The van der Waals surface area contributed by atoms with Gasteiger partial charge in [-0.1, -0.05) is 6.07 Å². The topological polar surface area (TPSA) is 73.4 Å². The summed E-state index contributed by atoms with van der Waals surface area (Å²) in [6.45, 7) is 0.238. The number of nitrogens with one attached hydrogen (secondary N) is 1. The molecule has 0 saturated carbocycles. The Morgan fingerprint density at radius 1 is 1.21 bits per heavy atom. The summed E-state index contributed by atoms with van der Waals surface area (Å²) < 4.78 is 9.15. The van der Waals surface area contributed by atoms with Crippen molar-refractivity contribution in [2.75, 3.05) is 19.1 Å². The summed E-state index contributed by atoms with van der Waals surface area (Å²) in [4.78, 5) is 12.9. The second-order valence-corrected chi connectivity index (χ2v) is 7.74. The fourth-order valence-electron chi connectivity index (χ4n) is 3.44. The molecule has 0 fully saturated rings. The number of ether oxygens (including phenoxy) is 1. The number of carbonyl (C=O) groups is 1. The Bertz CT molecular complexity index is 1140. The summed E-state index contributed by atoms with van der Waals surface area (Å²) >= 11 is 1.74. The number of hydrogen-bond donors (Lipinski definition) is 1. The van der Waals surface area contributed by atoms with Crippen molar-refractivity contribution in [2.45, 2.75) is 19.0 Å². The van der Waals surface area contributed by atoms with Crippen LogP contribution in [0.5, 0.6) is 5.75 Å². The van der Waals surface area contributed by atoms with Gasteiger partial charge >= 0.3 is 0 Å². The largest absolute Gasteiger partial charge is 0.497 e. The molecular formula is C21H23N5O2S. The van der Waals surface area contributed by atoms with E-state index < -0.39 is 0 Å². The van der Waals surface area contributed by atoms with E-state index in [0.29, 0.717) is 0 Å². The van der Waals surface area contributed by atoms with Gasteiger partial charge in [-0.2, -0.15) is 11.8 Å². The number of amides is 1. The molecule has 0 radical (unpaired) electrons. The fourth-order valence-corrected chi connectivity index (χ4v) is 3.91. The third kappa shape index (κ3) is 4.07. The zero-order chi connectivity index (χ0) is 20.2. The highest BCUT2D eigenvalue weighted by molar-refractivity contribution is 7.98. The molecule has 4 aromatic rings. The van der Waals surface area contributed by atoms with Gasteiger partial charge in [0.1, 0.15) is 12.3 Å². The second kappa shape index (κ2) is 8.57. The number of fused-ring (bicyclic) bond motifs is 2. The lowest BCUT2D eigenvalue weighted by Crippen LogP contribution is -2.33. The van der Waals surface area contributed by atoms with Gasteiger partial charge in [0.25, 0.3) is 0 Å². The summed E-state index contributed by atoms with van der Waals surface area (Å²) in [6.07, 6.45) is 6.69. The Morgan fingerprint density at radius 3 is 2.93 bits per heavy atom.